The third-order valence-corrected chi connectivity index (χ3v) is 3.49. The highest BCUT2D eigenvalue weighted by Crippen LogP contribution is 2.27. The molecule has 0 spiro atoms. The van der Waals surface area contributed by atoms with E-state index in [-0.39, 0.29) is 23.5 Å². The summed E-state index contributed by atoms with van der Waals surface area (Å²) in [6.45, 7) is 3.73. The number of aromatic nitrogens is 3. The van der Waals surface area contributed by atoms with Gasteiger partial charge < -0.3 is 11.1 Å². The third kappa shape index (κ3) is 2.94. The van der Waals surface area contributed by atoms with Crippen LogP contribution < -0.4 is 11.1 Å². The number of rotatable bonds is 4. The van der Waals surface area contributed by atoms with E-state index in [2.05, 4.69) is 20.3 Å². The van der Waals surface area contributed by atoms with Gasteiger partial charge in [-0.05, 0) is 13.8 Å². The van der Waals surface area contributed by atoms with Crippen molar-refractivity contribution in [3.05, 3.63) is 32.4 Å². The molecule has 0 radical (unpaired) electrons. The third-order valence-electron chi connectivity index (χ3n) is 2.35. The maximum absolute atomic E-state index is 10.9. The quantitative estimate of drug-likeness (QED) is 0.648. The molecule has 100 valence electrons. The molecule has 19 heavy (non-hydrogen) atoms. The van der Waals surface area contributed by atoms with Crippen molar-refractivity contribution >= 4 is 28.8 Å². The molecule has 2 aromatic heterocycles. The van der Waals surface area contributed by atoms with Crippen LogP contribution in [0.4, 0.5) is 17.5 Å². The van der Waals surface area contributed by atoms with Gasteiger partial charge in [0.15, 0.2) is 0 Å². The number of nitrogens with one attached hydrogen (secondary N) is 1. The lowest BCUT2D eigenvalue weighted by Crippen LogP contribution is -2.11. The molecule has 0 aliphatic carbocycles. The monoisotopic (exact) mass is 280 g/mol. The van der Waals surface area contributed by atoms with Crippen molar-refractivity contribution in [1.29, 1.82) is 0 Å². The summed E-state index contributed by atoms with van der Waals surface area (Å²) in [5.41, 5.74) is 6.14. The Bertz CT molecular complexity index is 614. The Morgan fingerprint density at radius 1 is 1.53 bits per heavy atom. The molecule has 9 heteroatoms. The SMILES string of the molecule is Cc1csc(C(C)Nc2nc(N)ncc2[N+](=O)[O-])n1. The Kier molecular flexibility index (Phi) is 3.56. The summed E-state index contributed by atoms with van der Waals surface area (Å²) < 4.78 is 0. The molecule has 0 amide bonds. The number of hydrogen-bond donors (Lipinski definition) is 2. The van der Waals surface area contributed by atoms with Gasteiger partial charge in [-0.3, -0.25) is 10.1 Å². The average Bonchev–Trinajstić information content (AvgIpc) is 2.75. The lowest BCUT2D eigenvalue weighted by molar-refractivity contribution is -0.384. The molecule has 0 saturated carbocycles. The minimum absolute atomic E-state index is 0.0179. The fourth-order valence-corrected chi connectivity index (χ4v) is 2.27. The van der Waals surface area contributed by atoms with E-state index in [1.54, 1.807) is 0 Å². The number of thiazole rings is 1. The van der Waals surface area contributed by atoms with E-state index in [0.717, 1.165) is 16.9 Å². The Morgan fingerprint density at radius 3 is 2.84 bits per heavy atom. The molecule has 1 unspecified atom stereocenters. The molecule has 1 atom stereocenters. The fourth-order valence-electron chi connectivity index (χ4n) is 1.47. The maximum atomic E-state index is 10.9. The minimum Gasteiger partial charge on any atom is -0.368 e. The van der Waals surface area contributed by atoms with E-state index in [9.17, 15) is 10.1 Å². The van der Waals surface area contributed by atoms with Crippen LogP contribution in [0.3, 0.4) is 0 Å². The number of aryl methyl sites for hydroxylation is 1. The summed E-state index contributed by atoms with van der Waals surface area (Å²) in [6.07, 6.45) is 1.09. The maximum Gasteiger partial charge on any atom is 0.329 e. The molecule has 3 N–H and O–H groups in total. The van der Waals surface area contributed by atoms with E-state index >= 15 is 0 Å². The normalized spacial score (nSPS) is 12.1. The second kappa shape index (κ2) is 5.14. The summed E-state index contributed by atoms with van der Waals surface area (Å²) in [5, 5.41) is 16.6. The van der Waals surface area contributed by atoms with E-state index in [1.807, 2.05) is 19.2 Å². The fraction of sp³-hybridized carbons (Fsp3) is 0.300. The van der Waals surface area contributed by atoms with Crippen molar-refractivity contribution in [2.45, 2.75) is 19.9 Å². The summed E-state index contributed by atoms with van der Waals surface area (Å²) in [6, 6.07) is -0.202. The van der Waals surface area contributed by atoms with Gasteiger partial charge in [0.1, 0.15) is 11.2 Å². The predicted molar refractivity (Wildman–Crippen MR) is 72.0 cm³/mol. The highest BCUT2D eigenvalue weighted by Gasteiger charge is 2.20. The second-order valence-corrected chi connectivity index (χ2v) is 4.80. The van der Waals surface area contributed by atoms with Crippen LogP contribution in [0.2, 0.25) is 0 Å². The Balaban J connectivity index is 2.27. The molecule has 2 aromatic rings. The largest absolute Gasteiger partial charge is 0.368 e. The predicted octanol–water partition coefficient (Wildman–Crippen LogP) is 1.91. The Morgan fingerprint density at radius 2 is 2.26 bits per heavy atom. The molecule has 0 fully saturated rings. The van der Waals surface area contributed by atoms with Crippen molar-refractivity contribution in [3.63, 3.8) is 0 Å². The van der Waals surface area contributed by atoms with Crippen LogP contribution in [0.5, 0.6) is 0 Å². The summed E-state index contributed by atoms with van der Waals surface area (Å²) in [7, 11) is 0. The van der Waals surface area contributed by atoms with E-state index in [4.69, 9.17) is 5.73 Å². The van der Waals surface area contributed by atoms with Gasteiger partial charge in [-0.25, -0.2) is 9.97 Å². The van der Waals surface area contributed by atoms with Gasteiger partial charge in [0, 0.05) is 11.1 Å². The highest BCUT2D eigenvalue weighted by molar-refractivity contribution is 7.09. The number of nitro groups is 1. The van der Waals surface area contributed by atoms with Crippen LogP contribution >= 0.6 is 11.3 Å². The smallest absolute Gasteiger partial charge is 0.329 e. The number of nitrogens with two attached hydrogens (primary N) is 1. The van der Waals surface area contributed by atoms with Crippen LogP contribution in [-0.4, -0.2) is 19.9 Å². The molecular weight excluding hydrogens is 268 g/mol. The Hall–Kier alpha value is -2.29. The molecule has 2 heterocycles. The lowest BCUT2D eigenvalue weighted by atomic mass is 10.3. The van der Waals surface area contributed by atoms with Gasteiger partial charge in [-0.2, -0.15) is 4.98 Å². The van der Waals surface area contributed by atoms with Crippen LogP contribution in [0.25, 0.3) is 0 Å². The van der Waals surface area contributed by atoms with Crippen LogP contribution in [0.15, 0.2) is 11.6 Å². The van der Waals surface area contributed by atoms with E-state index in [0.29, 0.717) is 0 Å². The molecule has 2 rings (SSSR count). The standard InChI is InChI=1S/C10H12N6O2S/c1-5-4-19-9(13-5)6(2)14-8-7(16(17)18)3-12-10(11)15-8/h3-4,6H,1-2H3,(H3,11,12,14,15). The van der Waals surface area contributed by atoms with Gasteiger partial charge in [-0.15, -0.1) is 11.3 Å². The first kappa shape index (κ1) is 13.1. The second-order valence-electron chi connectivity index (χ2n) is 3.91. The van der Waals surface area contributed by atoms with Crippen molar-refractivity contribution in [1.82, 2.24) is 15.0 Å². The van der Waals surface area contributed by atoms with E-state index in [1.165, 1.54) is 11.3 Å². The topological polar surface area (TPSA) is 120 Å². The summed E-state index contributed by atoms with van der Waals surface area (Å²) >= 11 is 1.48. The van der Waals surface area contributed by atoms with Gasteiger partial charge in [0.05, 0.1) is 11.0 Å². The molecule has 0 aliphatic rings. The van der Waals surface area contributed by atoms with Gasteiger partial charge in [-0.1, -0.05) is 0 Å². The first-order valence-electron chi connectivity index (χ1n) is 5.43. The zero-order valence-electron chi connectivity index (χ0n) is 10.3. The minimum atomic E-state index is -0.554. The Labute approximate surface area is 112 Å². The molecule has 0 aliphatic heterocycles. The first-order chi connectivity index (χ1) is 8.97. The molecule has 0 saturated heterocycles. The molecule has 0 bridgehead atoms. The van der Waals surface area contributed by atoms with Crippen LogP contribution in [0, 0.1) is 17.0 Å². The summed E-state index contributed by atoms with van der Waals surface area (Å²) in [5.74, 6) is 0.0773. The van der Waals surface area contributed by atoms with Gasteiger partial charge in [0.25, 0.3) is 0 Å². The number of anilines is 2. The van der Waals surface area contributed by atoms with Crippen molar-refractivity contribution < 1.29 is 4.92 Å². The average molecular weight is 280 g/mol. The van der Waals surface area contributed by atoms with Crippen LogP contribution in [0.1, 0.15) is 23.7 Å². The van der Waals surface area contributed by atoms with Crippen molar-refractivity contribution in [3.8, 4) is 0 Å². The molecule has 0 aromatic carbocycles. The van der Waals surface area contributed by atoms with Crippen LogP contribution in [-0.2, 0) is 0 Å². The zero-order valence-corrected chi connectivity index (χ0v) is 11.1. The molecular formula is C10H12N6O2S. The highest BCUT2D eigenvalue weighted by atomic mass is 32.1. The van der Waals surface area contributed by atoms with Crippen molar-refractivity contribution in [2.75, 3.05) is 11.1 Å². The van der Waals surface area contributed by atoms with E-state index < -0.39 is 4.92 Å². The zero-order chi connectivity index (χ0) is 14.0. The number of nitrogen functional groups attached to an aromatic ring is 1. The molecule has 8 nitrogen and oxygen atoms in total. The summed E-state index contributed by atoms with van der Waals surface area (Å²) in [4.78, 5) is 22.1. The van der Waals surface area contributed by atoms with Crippen molar-refractivity contribution in [2.24, 2.45) is 0 Å². The van der Waals surface area contributed by atoms with Gasteiger partial charge in [0.2, 0.25) is 11.8 Å². The first-order valence-corrected chi connectivity index (χ1v) is 6.31. The number of hydrogen-bond acceptors (Lipinski definition) is 8. The number of nitrogens with zero attached hydrogens (tertiary/aromatic N) is 4. The van der Waals surface area contributed by atoms with Gasteiger partial charge >= 0.3 is 5.69 Å². The lowest BCUT2D eigenvalue weighted by Gasteiger charge is -2.11.